The highest BCUT2D eigenvalue weighted by atomic mass is 127. The molecule has 4 heteroatoms. The third-order valence-electron chi connectivity index (χ3n) is 0.343. The van der Waals surface area contributed by atoms with Crippen molar-refractivity contribution in [3.05, 3.63) is 0 Å². The van der Waals surface area contributed by atoms with Gasteiger partial charge in [0.15, 0.2) is 0 Å². The quantitative estimate of drug-likeness (QED) is 0.408. The van der Waals surface area contributed by atoms with Gasteiger partial charge in [0, 0.05) is 0 Å². The normalized spacial score (nSPS) is 9.00. The van der Waals surface area contributed by atoms with Gasteiger partial charge in [0.2, 0.25) is 0 Å². The molecule has 0 aliphatic heterocycles. The second-order valence-corrected chi connectivity index (χ2v) is 5.67. The molecule has 0 heterocycles. The third kappa shape index (κ3) is 3.39. The molecule has 2 nitrogen and oxygen atoms in total. The topological polar surface area (TPSA) is 29.4 Å². The van der Waals surface area contributed by atoms with E-state index in [1.165, 1.54) is 0 Å². The smallest absolute Gasteiger partial charge is 0.267 e. The zero-order chi connectivity index (χ0) is 5.86. The minimum atomic E-state index is -0.166. The number of halogens is 2. The van der Waals surface area contributed by atoms with Crippen LogP contribution in [0.3, 0.4) is 0 Å². The van der Waals surface area contributed by atoms with Crippen LogP contribution in [0.2, 0.25) is 0 Å². The Morgan fingerprint density at radius 1 is 1.71 bits per heavy atom. The minimum Gasteiger partial charge on any atom is -0.270 e. The first-order valence-electron chi connectivity index (χ1n) is 1.47. The fraction of sp³-hybridized carbons (Fsp3) is 0.333. The lowest BCUT2D eigenvalue weighted by molar-refractivity contribution is -0.115. The maximum atomic E-state index is 10.3. The van der Waals surface area contributed by atoms with Crippen LogP contribution in [-0.4, -0.2) is 14.6 Å². The zero-order valence-electron chi connectivity index (χ0n) is 3.40. The van der Waals surface area contributed by atoms with Crippen LogP contribution in [-0.2, 0) is 4.79 Å². The van der Waals surface area contributed by atoms with Crippen LogP contribution in [0, 0.1) is 0 Å². The van der Waals surface area contributed by atoms with E-state index in [1.54, 1.807) is 0 Å². The van der Waals surface area contributed by atoms with E-state index in [4.69, 9.17) is 0 Å². The highest BCUT2D eigenvalue weighted by Crippen LogP contribution is 2.10. The van der Waals surface area contributed by atoms with Crippen LogP contribution in [0.1, 0.15) is 0 Å². The van der Waals surface area contributed by atoms with Crippen molar-refractivity contribution in [1.82, 2.24) is 0 Å². The maximum Gasteiger partial charge on any atom is 0.267 e. The second-order valence-electron chi connectivity index (χ2n) is 0.797. The number of hydrogen-bond donors (Lipinski definition) is 0. The van der Waals surface area contributed by atoms with Crippen LogP contribution in [0.4, 0.5) is 0 Å². The fourth-order valence-corrected chi connectivity index (χ4v) is 0.463. The molecule has 0 radical (unpaired) electrons. The van der Waals surface area contributed by atoms with Crippen LogP contribution in [0.15, 0.2) is 4.99 Å². The zero-order valence-corrected chi connectivity index (χ0v) is 7.71. The van der Waals surface area contributed by atoms with E-state index in [9.17, 15) is 4.79 Å². The summed E-state index contributed by atoms with van der Waals surface area (Å²) >= 11 is 3.94. The molecule has 40 valence electrons. The van der Waals surface area contributed by atoms with Crippen LogP contribution < -0.4 is 0 Å². The van der Waals surface area contributed by atoms with E-state index < -0.39 is 0 Å². The summed E-state index contributed by atoms with van der Waals surface area (Å²) in [5.41, 5.74) is 0. The third-order valence-corrected chi connectivity index (χ3v) is 1.41. The average Bonchev–Trinajstić information content (AvgIpc) is 1.65. The lowest BCUT2D eigenvalue weighted by atomic mass is 10.8. The van der Waals surface area contributed by atoms with Crippen LogP contribution in [0.5, 0.6) is 0 Å². The van der Waals surface area contributed by atoms with Gasteiger partial charge in [-0.3, -0.25) is 4.79 Å². The van der Waals surface area contributed by atoms with Crippen LogP contribution >= 0.6 is 45.2 Å². The van der Waals surface area contributed by atoms with E-state index in [0.717, 1.165) is 0 Å². The Kier molecular flexibility index (Phi) is 4.19. The number of nitrogens with zero attached hydrogens (tertiary/aromatic N) is 1. The molecule has 0 N–H and O–H groups in total. The molecule has 0 unspecified atom stereocenters. The van der Waals surface area contributed by atoms with Gasteiger partial charge in [-0.05, 0) is 6.72 Å². The average molecular weight is 323 g/mol. The molecule has 0 saturated carbocycles. The number of aliphatic imine (C=N–C) groups is 1. The van der Waals surface area contributed by atoms with Crippen molar-refractivity contribution in [2.24, 2.45) is 4.99 Å². The van der Waals surface area contributed by atoms with Crippen molar-refractivity contribution in [2.75, 3.05) is 0 Å². The Morgan fingerprint density at radius 2 is 2.14 bits per heavy atom. The number of alkyl halides is 2. The number of hydrogen-bond acceptors (Lipinski definition) is 1. The van der Waals surface area contributed by atoms with Gasteiger partial charge in [-0.25, -0.2) is 4.99 Å². The number of carbonyl (C=O) groups excluding carboxylic acids is 1. The van der Waals surface area contributed by atoms with Crippen molar-refractivity contribution in [2.45, 2.75) is 1.93 Å². The summed E-state index contributed by atoms with van der Waals surface area (Å²) in [6.45, 7) is 3.07. The van der Waals surface area contributed by atoms with Gasteiger partial charge in [0.1, 0.15) is 1.93 Å². The van der Waals surface area contributed by atoms with Gasteiger partial charge in [0.25, 0.3) is 5.91 Å². The number of carbonyl (C=O) groups is 1. The monoisotopic (exact) mass is 323 g/mol. The lowest BCUT2D eigenvalue weighted by Crippen LogP contribution is -1.99. The van der Waals surface area contributed by atoms with Gasteiger partial charge in [0.05, 0.1) is 0 Å². The van der Waals surface area contributed by atoms with Gasteiger partial charge in [-0.2, -0.15) is 0 Å². The molecule has 0 saturated heterocycles. The molecule has 0 bridgehead atoms. The summed E-state index contributed by atoms with van der Waals surface area (Å²) in [5.74, 6) is -0.166. The van der Waals surface area contributed by atoms with E-state index in [-0.39, 0.29) is 7.84 Å². The van der Waals surface area contributed by atoms with E-state index in [1.807, 2.05) is 45.2 Å². The van der Waals surface area contributed by atoms with Crippen molar-refractivity contribution in [3.63, 3.8) is 0 Å². The summed E-state index contributed by atoms with van der Waals surface area (Å²) in [7, 11) is 0. The molecule has 0 fully saturated rings. The van der Waals surface area contributed by atoms with Crippen LogP contribution in [0.25, 0.3) is 0 Å². The first-order valence-corrected chi connectivity index (χ1v) is 3.96. The number of rotatable bonds is 1. The van der Waals surface area contributed by atoms with E-state index in [0.29, 0.717) is 0 Å². The summed E-state index contributed by atoms with van der Waals surface area (Å²) in [6.07, 6.45) is 0. The largest absolute Gasteiger partial charge is 0.270 e. The Morgan fingerprint density at radius 3 is 2.14 bits per heavy atom. The van der Waals surface area contributed by atoms with Gasteiger partial charge < -0.3 is 0 Å². The van der Waals surface area contributed by atoms with Crippen molar-refractivity contribution in [1.29, 1.82) is 0 Å². The summed E-state index contributed by atoms with van der Waals surface area (Å²) in [4.78, 5) is 13.5. The van der Waals surface area contributed by atoms with Gasteiger partial charge in [-0.15, -0.1) is 0 Å². The van der Waals surface area contributed by atoms with Crippen molar-refractivity contribution < 1.29 is 4.79 Å². The Bertz CT molecular complexity index is 90.9. The molecule has 0 aromatic carbocycles. The molecule has 7 heavy (non-hydrogen) atoms. The Hall–Kier alpha value is 0.800. The second kappa shape index (κ2) is 3.76. The van der Waals surface area contributed by atoms with Crippen molar-refractivity contribution >= 4 is 57.8 Å². The predicted molar refractivity (Wildman–Crippen MR) is 46.4 cm³/mol. The SMILES string of the molecule is C=NC(=O)C(I)I. The van der Waals surface area contributed by atoms with E-state index in [2.05, 4.69) is 11.7 Å². The van der Waals surface area contributed by atoms with Crippen molar-refractivity contribution in [3.8, 4) is 0 Å². The number of amides is 1. The first kappa shape index (κ1) is 7.80. The summed E-state index contributed by atoms with van der Waals surface area (Å²) in [6, 6.07) is 0. The summed E-state index contributed by atoms with van der Waals surface area (Å²) in [5, 5.41) is 0. The highest BCUT2D eigenvalue weighted by molar-refractivity contribution is 14.2. The first-order chi connectivity index (χ1) is 3.18. The molecular formula is C3H3I2NO. The van der Waals surface area contributed by atoms with Gasteiger partial charge >= 0.3 is 0 Å². The highest BCUT2D eigenvalue weighted by Gasteiger charge is 2.04. The maximum absolute atomic E-state index is 10.3. The fourth-order valence-electron chi connectivity index (χ4n) is 0.0690. The molecule has 0 aromatic rings. The molecule has 0 aromatic heterocycles. The Labute approximate surface area is 69.0 Å². The standard InChI is InChI=1S/C3H3I2NO/c1-6-3(7)2(4)5/h2H,1H2. The molecule has 0 atom stereocenters. The minimum absolute atomic E-state index is 0.0623. The molecular weight excluding hydrogens is 320 g/mol. The lowest BCUT2D eigenvalue weighted by Gasteiger charge is -1.87. The molecule has 0 spiro atoms. The Balaban J connectivity index is 3.56. The molecule has 0 aliphatic rings. The molecule has 0 rings (SSSR count). The predicted octanol–water partition coefficient (Wildman–Crippen LogP) is 1.41. The van der Waals surface area contributed by atoms with Gasteiger partial charge in [-0.1, -0.05) is 45.2 Å². The molecule has 1 amide bonds. The molecule has 0 aliphatic carbocycles. The summed E-state index contributed by atoms with van der Waals surface area (Å²) < 4.78 is -0.0623. The van der Waals surface area contributed by atoms with E-state index >= 15 is 0 Å².